The molecule has 7 heteroatoms. The normalized spacial score (nSPS) is 19.9. The van der Waals surface area contributed by atoms with Gasteiger partial charge < -0.3 is 4.57 Å². The summed E-state index contributed by atoms with van der Waals surface area (Å²) >= 11 is 11.8. The lowest BCUT2D eigenvalue weighted by Gasteiger charge is -2.22. The minimum atomic E-state index is 0.0102. The predicted octanol–water partition coefficient (Wildman–Crippen LogP) is 4.18. The molecule has 3 rings (SSSR count). The van der Waals surface area contributed by atoms with E-state index in [9.17, 15) is 4.39 Å². The van der Waals surface area contributed by atoms with Crippen LogP contribution in [0.4, 0.5) is 4.39 Å². The highest BCUT2D eigenvalue weighted by molar-refractivity contribution is 6.35. The van der Waals surface area contributed by atoms with Gasteiger partial charge in [0.25, 0.3) is 0 Å². The first kappa shape index (κ1) is 13.8. The molecule has 2 aromatic heterocycles. The average molecular weight is 315 g/mol. The molecule has 1 atom stereocenters. The SMILES string of the molecule is CC1=C(F)CC(Cn2cnc3nc(Cl)nc(Cl)c32)CC1. The van der Waals surface area contributed by atoms with Crippen molar-refractivity contribution in [3.63, 3.8) is 0 Å². The molecule has 0 aliphatic heterocycles. The summed E-state index contributed by atoms with van der Waals surface area (Å²) in [5.41, 5.74) is 1.99. The summed E-state index contributed by atoms with van der Waals surface area (Å²) in [6.07, 6.45) is 3.90. The van der Waals surface area contributed by atoms with Crippen molar-refractivity contribution in [3.8, 4) is 0 Å². The molecule has 0 N–H and O–H groups in total. The Labute approximate surface area is 125 Å². The second kappa shape index (κ2) is 5.30. The fraction of sp³-hybridized carbons (Fsp3) is 0.462. The Morgan fingerprint density at radius 2 is 2.20 bits per heavy atom. The number of hydrogen-bond acceptors (Lipinski definition) is 3. The molecule has 1 aliphatic rings. The number of nitrogens with zero attached hydrogens (tertiary/aromatic N) is 4. The van der Waals surface area contributed by atoms with E-state index in [2.05, 4.69) is 15.0 Å². The lowest BCUT2D eigenvalue weighted by atomic mass is 9.89. The quantitative estimate of drug-likeness (QED) is 0.617. The first-order valence-corrected chi connectivity index (χ1v) is 7.18. The smallest absolute Gasteiger partial charge is 0.225 e. The third-order valence-corrected chi connectivity index (χ3v) is 4.15. The molecule has 20 heavy (non-hydrogen) atoms. The number of allylic oxidation sites excluding steroid dienone is 2. The molecule has 1 unspecified atom stereocenters. The van der Waals surface area contributed by atoms with Crippen molar-refractivity contribution in [2.45, 2.75) is 32.7 Å². The molecule has 106 valence electrons. The van der Waals surface area contributed by atoms with Gasteiger partial charge in [0.2, 0.25) is 5.28 Å². The second-order valence-corrected chi connectivity index (χ2v) is 5.84. The Hall–Kier alpha value is -1.20. The van der Waals surface area contributed by atoms with Gasteiger partial charge in [-0.05, 0) is 42.9 Å². The number of rotatable bonds is 2. The van der Waals surface area contributed by atoms with Crippen molar-refractivity contribution in [3.05, 3.63) is 28.2 Å². The molecule has 0 bridgehead atoms. The number of hydrogen-bond donors (Lipinski definition) is 0. The lowest BCUT2D eigenvalue weighted by molar-refractivity contribution is 0.357. The van der Waals surface area contributed by atoms with Crippen LogP contribution < -0.4 is 0 Å². The van der Waals surface area contributed by atoms with E-state index in [-0.39, 0.29) is 22.2 Å². The van der Waals surface area contributed by atoms with E-state index in [4.69, 9.17) is 23.2 Å². The predicted molar refractivity (Wildman–Crippen MR) is 76.5 cm³/mol. The molecule has 0 saturated heterocycles. The van der Waals surface area contributed by atoms with Crippen LogP contribution >= 0.6 is 23.2 Å². The zero-order valence-electron chi connectivity index (χ0n) is 10.9. The van der Waals surface area contributed by atoms with Gasteiger partial charge in [0.05, 0.1) is 12.2 Å². The standard InChI is InChI=1S/C13H13Cl2FN4/c1-7-2-3-8(4-9(7)16)5-20-6-17-12-10(20)11(14)18-13(15)19-12/h6,8H,2-5H2,1H3. The Bertz CT molecular complexity index is 695. The minimum absolute atomic E-state index is 0.0102. The number of imidazole rings is 1. The molecule has 4 nitrogen and oxygen atoms in total. The molecular weight excluding hydrogens is 302 g/mol. The topological polar surface area (TPSA) is 43.6 Å². The van der Waals surface area contributed by atoms with E-state index in [0.29, 0.717) is 24.1 Å². The summed E-state index contributed by atoms with van der Waals surface area (Å²) in [5, 5.41) is 0.357. The van der Waals surface area contributed by atoms with Crippen molar-refractivity contribution < 1.29 is 4.39 Å². The third-order valence-electron chi connectivity index (χ3n) is 3.72. The van der Waals surface area contributed by atoms with E-state index in [1.807, 2.05) is 11.5 Å². The maximum Gasteiger partial charge on any atom is 0.225 e. The Morgan fingerprint density at radius 1 is 1.40 bits per heavy atom. The van der Waals surface area contributed by atoms with Crippen LogP contribution in [-0.4, -0.2) is 19.5 Å². The summed E-state index contributed by atoms with van der Waals surface area (Å²) < 4.78 is 15.6. The van der Waals surface area contributed by atoms with E-state index in [0.717, 1.165) is 18.4 Å². The van der Waals surface area contributed by atoms with Crippen LogP contribution in [0.3, 0.4) is 0 Å². The highest BCUT2D eigenvalue weighted by atomic mass is 35.5. The average Bonchev–Trinajstić information content (AvgIpc) is 2.77. The van der Waals surface area contributed by atoms with Gasteiger partial charge >= 0.3 is 0 Å². The summed E-state index contributed by atoms with van der Waals surface area (Å²) in [5.74, 6) is 0.249. The van der Waals surface area contributed by atoms with Gasteiger partial charge in [0.1, 0.15) is 5.52 Å². The summed E-state index contributed by atoms with van der Waals surface area (Å²) in [4.78, 5) is 12.1. The minimum Gasteiger partial charge on any atom is -0.326 e. The van der Waals surface area contributed by atoms with Crippen LogP contribution in [0.15, 0.2) is 17.7 Å². The molecule has 2 aromatic rings. The summed E-state index contributed by atoms with van der Waals surface area (Å²) in [6.45, 7) is 2.51. The van der Waals surface area contributed by atoms with E-state index in [1.165, 1.54) is 0 Å². The van der Waals surface area contributed by atoms with Gasteiger partial charge in [-0.15, -0.1) is 0 Å². The number of aromatic nitrogens is 4. The van der Waals surface area contributed by atoms with Crippen LogP contribution in [0.2, 0.25) is 10.4 Å². The highest BCUT2D eigenvalue weighted by Gasteiger charge is 2.21. The van der Waals surface area contributed by atoms with E-state index in [1.54, 1.807) is 6.33 Å². The molecule has 0 spiro atoms. The Balaban J connectivity index is 1.89. The van der Waals surface area contributed by atoms with Gasteiger partial charge in [0, 0.05) is 13.0 Å². The molecule has 0 radical (unpaired) electrons. The molecule has 2 heterocycles. The summed E-state index contributed by atoms with van der Waals surface area (Å²) in [7, 11) is 0. The molecule has 0 amide bonds. The van der Waals surface area contributed by atoms with Crippen LogP contribution in [0.5, 0.6) is 0 Å². The van der Waals surface area contributed by atoms with Gasteiger partial charge in [-0.25, -0.2) is 14.4 Å². The van der Waals surface area contributed by atoms with Crippen molar-refractivity contribution in [1.82, 2.24) is 19.5 Å². The molecule has 1 aliphatic carbocycles. The second-order valence-electron chi connectivity index (χ2n) is 5.15. The van der Waals surface area contributed by atoms with Crippen LogP contribution in [-0.2, 0) is 6.54 Å². The van der Waals surface area contributed by atoms with Gasteiger partial charge in [-0.1, -0.05) is 11.6 Å². The van der Waals surface area contributed by atoms with Crippen molar-refractivity contribution in [2.75, 3.05) is 0 Å². The van der Waals surface area contributed by atoms with E-state index < -0.39 is 0 Å². The Kier molecular flexibility index (Phi) is 3.65. The van der Waals surface area contributed by atoms with Gasteiger partial charge in [-0.2, -0.15) is 4.98 Å². The van der Waals surface area contributed by atoms with Gasteiger partial charge in [0.15, 0.2) is 10.8 Å². The first-order valence-electron chi connectivity index (χ1n) is 6.42. The molecule has 0 aromatic carbocycles. The lowest BCUT2D eigenvalue weighted by Crippen LogP contribution is -2.14. The fourth-order valence-corrected chi connectivity index (χ4v) is 3.05. The third kappa shape index (κ3) is 2.52. The first-order chi connectivity index (χ1) is 9.54. The van der Waals surface area contributed by atoms with Crippen molar-refractivity contribution in [1.29, 1.82) is 0 Å². The maximum absolute atomic E-state index is 13.7. The number of fused-ring (bicyclic) bond motifs is 1. The van der Waals surface area contributed by atoms with Crippen LogP contribution in [0.25, 0.3) is 11.2 Å². The molecule has 0 saturated carbocycles. The molecular formula is C13H13Cl2FN4. The number of halogens is 3. The zero-order chi connectivity index (χ0) is 14.3. The van der Waals surface area contributed by atoms with Crippen LogP contribution in [0.1, 0.15) is 26.2 Å². The van der Waals surface area contributed by atoms with E-state index >= 15 is 0 Å². The van der Waals surface area contributed by atoms with Crippen molar-refractivity contribution in [2.24, 2.45) is 5.92 Å². The highest BCUT2D eigenvalue weighted by Crippen LogP contribution is 2.32. The zero-order valence-corrected chi connectivity index (χ0v) is 12.4. The van der Waals surface area contributed by atoms with Crippen molar-refractivity contribution >= 4 is 34.4 Å². The largest absolute Gasteiger partial charge is 0.326 e. The summed E-state index contributed by atoms with van der Waals surface area (Å²) in [6, 6.07) is 0. The maximum atomic E-state index is 13.7. The monoisotopic (exact) mass is 314 g/mol. The molecule has 0 fully saturated rings. The van der Waals surface area contributed by atoms with Gasteiger partial charge in [-0.3, -0.25) is 0 Å². The Morgan fingerprint density at radius 3 is 2.95 bits per heavy atom. The van der Waals surface area contributed by atoms with Crippen LogP contribution in [0, 0.1) is 5.92 Å². The fourth-order valence-electron chi connectivity index (χ4n) is 2.57.